The van der Waals surface area contributed by atoms with Gasteiger partial charge in [-0.1, -0.05) is 6.92 Å². The van der Waals surface area contributed by atoms with E-state index in [1.54, 1.807) is 10.9 Å². The van der Waals surface area contributed by atoms with Crippen molar-refractivity contribution < 1.29 is 4.79 Å². The topological polar surface area (TPSA) is 56.0 Å². The summed E-state index contributed by atoms with van der Waals surface area (Å²) in [6, 6.07) is 2.18. The second-order valence-electron chi connectivity index (χ2n) is 5.44. The molecule has 3 rings (SSSR count). The molecule has 6 nitrogen and oxygen atoms in total. The van der Waals surface area contributed by atoms with E-state index in [2.05, 4.69) is 21.6 Å². The van der Waals surface area contributed by atoms with Gasteiger partial charge in [0, 0.05) is 44.3 Å². The quantitative estimate of drug-likeness (QED) is 0.856. The molecule has 0 N–H and O–H groups in total. The molecule has 112 valence electrons. The largest absolute Gasteiger partial charge is 0.339 e. The van der Waals surface area contributed by atoms with Crippen LogP contribution in [0.2, 0.25) is 0 Å². The van der Waals surface area contributed by atoms with E-state index in [1.807, 2.05) is 29.6 Å². The second-order valence-corrected chi connectivity index (χ2v) is 5.44. The van der Waals surface area contributed by atoms with Crippen LogP contribution in [0.5, 0.6) is 0 Å². The summed E-state index contributed by atoms with van der Waals surface area (Å²) in [5.41, 5.74) is 0. The van der Waals surface area contributed by atoms with Gasteiger partial charge in [-0.05, 0) is 18.9 Å². The Labute approximate surface area is 124 Å². The highest BCUT2D eigenvalue weighted by Crippen LogP contribution is 2.23. The van der Waals surface area contributed by atoms with Crippen LogP contribution in [0.1, 0.15) is 31.6 Å². The summed E-state index contributed by atoms with van der Waals surface area (Å²) >= 11 is 0. The number of imidazole rings is 1. The third-order valence-corrected chi connectivity index (χ3v) is 4.06. The first-order valence-electron chi connectivity index (χ1n) is 7.55. The van der Waals surface area contributed by atoms with Crippen LogP contribution in [0.25, 0.3) is 0 Å². The predicted octanol–water partition coefficient (Wildman–Crippen LogP) is 1.51. The average Bonchev–Trinajstić information content (AvgIpc) is 3.18. The van der Waals surface area contributed by atoms with Crippen LogP contribution in [0, 0.1) is 0 Å². The number of hydrogen-bond donors (Lipinski definition) is 0. The summed E-state index contributed by atoms with van der Waals surface area (Å²) in [7, 11) is 0. The number of nitrogens with zero attached hydrogens (tertiary/aromatic N) is 5. The molecule has 2 aromatic rings. The molecule has 1 aliphatic heterocycles. The highest BCUT2D eigenvalue weighted by atomic mass is 16.2. The van der Waals surface area contributed by atoms with Crippen LogP contribution in [0.15, 0.2) is 30.9 Å². The van der Waals surface area contributed by atoms with Gasteiger partial charge in [0.1, 0.15) is 12.4 Å². The zero-order valence-electron chi connectivity index (χ0n) is 12.4. The molecule has 21 heavy (non-hydrogen) atoms. The van der Waals surface area contributed by atoms with Crippen molar-refractivity contribution in [1.29, 1.82) is 0 Å². The molecule has 2 aromatic heterocycles. The maximum atomic E-state index is 12.4. The van der Waals surface area contributed by atoms with Crippen molar-refractivity contribution in [3.05, 3.63) is 36.7 Å². The van der Waals surface area contributed by atoms with Crippen molar-refractivity contribution in [2.75, 3.05) is 13.1 Å². The van der Waals surface area contributed by atoms with Gasteiger partial charge in [0.05, 0.1) is 6.04 Å². The van der Waals surface area contributed by atoms with Gasteiger partial charge in [0.25, 0.3) is 0 Å². The van der Waals surface area contributed by atoms with Crippen molar-refractivity contribution in [2.45, 2.75) is 38.8 Å². The molecular weight excluding hydrogens is 266 g/mol. The molecule has 0 aromatic carbocycles. The molecule has 1 atom stereocenters. The van der Waals surface area contributed by atoms with Gasteiger partial charge >= 0.3 is 0 Å². The molecular formula is C15H21N5O. The number of rotatable bonds is 4. The molecule has 0 radical (unpaired) electrons. The SMILES string of the molecule is CCc1nccn1[C@@H]1CCCN(C(=O)Cn2cccn2)C1. The van der Waals surface area contributed by atoms with E-state index in [9.17, 15) is 4.79 Å². The lowest BCUT2D eigenvalue weighted by atomic mass is 10.1. The van der Waals surface area contributed by atoms with E-state index in [-0.39, 0.29) is 5.91 Å². The van der Waals surface area contributed by atoms with Gasteiger partial charge in [0.15, 0.2) is 0 Å². The Morgan fingerprint density at radius 3 is 3.05 bits per heavy atom. The molecule has 1 aliphatic rings. The molecule has 0 bridgehead atoms. The van der Waals surface area contributed by atoms with Crippen molar-refractivity contribution >= 4 is 5.91 Å². The van der Waals surface area contributed by atoms with Crippen molar-refractivity contribution in [2.24, 2.45) is 0 Å². The predicted molar refractivity (Wildman–Crippen MR) is 78.7 cm³/mol. The van der Waals surface area contributed by atoms with E-state index in [4.69, 9.17) is 0 Å². The van der Waals surface area contributed by atoms with Gasteiger partial charge in [-0.2, -0.15) is 5.10 Å². The Morgan fingerprint density at radius 1 is 1.38 bits per heavy atom. The normalized spacial score (nSPS) is 18.9. The van der Waals surface area contributed by atoms with Crippen LogP contribution >= 0.6 is 0 Å². The Hall–Kier alpha value is -2.11. The van der Waals surface area contributed by atoms with E-state index in [0.717, 1.165) is 38.2 Å². The first kappa shape index (κ1) is 13.9. The first-order chi connectivity index (χ1) is 10.3. The highest BCUT2D eigenvalue weighted by molar-refractivity contribution is 5.76. The lowest BCUT2D eigenvalue weighted by molar-refractivity contribution is -0.133. The maximum absolute atomic E-state index is 12.4. The summed E-state index contributed by atoms with van der Waals surface area (Å²) in [5.74, 6) is 1.24. The third-order valence-electron chi connectivity index (χ3n) is 4.06. The molecule has 1 fully saturated rings. The Balaban J connectivity index is 1.67. The number of aromatic nitrogens is 4. The van der Waals surface area contributed by atoms with Crippen molar-refractivity contribution in [3.8, 4) is 0 Å². The second kappa shape index (κ2) is 6.11. The number of aryl methyl sites for hydroxylation is 1. The Kier molecular flexibility index (Phi) is 4.03. The van der Waals surface area contributed by atoms with Gasteiger partial charge in [-0.15, -0.1) is 0 Å². The molecule has 3 heterocycles. The minimum atomic E-state index is 0.140. The lowest BCUT2D eigenvalue weighted by Crippen LogP contribution is -2.42. The van der Waals surface area contributed by atoms with Gasteiger partial charge in [-0.25, -0.2) is 4.98 Å². The smallest absolute Gasteiger partial charge is 0.244 e. The number of carbonyl (C=O) groups excluding carboxylic acids is 1. The molecule has 0 saturated carbocycles. The third kappa shape index (κ3) is 2.99. The summed E-state index contributed by atoms with van der Waals surface area (Å²) in [4.78, 5) is 18.7. The van der Waals surface area contributed by atoms with E-state index < -0.39 is 0 Å². The number of carbonyl (C=O) groups is 1. The van der Waals surface area contributed by atoms with Gasteiger partial charge in [-0.3, -0.25) is 9.48 Å². The Bertz CT molecular complexity index is 589. The van der Waals surface area contributed by atoms with Crippen LogP contribution in [-0.2, 0) is 17.8 Å². The molecule has 1 saturated heterocycles. The maximum Gasteiger partial charge on any atom is 0.244 e. The molecule has 0 aliphatic carbocycles. The fourth-order valence-electron chi connectivity index (χ4n) is 2.99. The lowest BCUT2D eigenvalue weighted by Gasteiger charge is -2.34. The molecule has 1 amide bonds. The van der Waals surface area contributed by atoms with Crippen LogP contribution in [-0.4, -0.2) is 43.2 Å². The summed E-state index contributed by atoms with van der Waals surface area (Å²) in [6.45, 7) is 4.04. The first-order valence-corrected chi connectivity index (χ1v) is 7.55. The van der Waals surface area contributed by atoms with Crippen molar-refractivity contribution in [1.82, 2.24) is 24.2 Å². The van der Waals surface area contributed by atoms with Crippen molar-refractivity contribution in [3.63, 3.8) is 0 Å². The minimum Gasteiger partial charge on any atom is -0.339 e. The monoisotopic (exact) mass is 287 g/mol. The number of amides is 1. The fraction of sp³-hybridized carbons (Fsp3) is 0.533. The summed E-state index contributed by atoms with van der Waals surface area (Å²) in [6.07, 6.45) is 10.5. The van der Waals surface area contributed by atoms with E-state index in [1.165, 1.54) is 0 Å². The van der Waals surface area contributed by atoms with Crippen LogP contribution in [0.4, 0.5) is 0 Å². The van der Waals surface area contributed by atoms with Gasteiger partial charge < -0.3 is 9.47 Å². The molecule has 0 spiro atoms. The fourth-order valence-corrected chi connectivity index (χ4v) is 2.99. The Morgan fingerprint density at radius 2 is 2.29 bits per heavy atom. The van der Waals surface area contributed by atoms with Gasteiger partial charge in [0.2, 0.25) is 5.91 Å². The van der Waals surface area contributed by atoms with E-state index >= 15 is 0 Å². The standard InChI is InChI=1S/C15H21N5O/c1-2-14-16-7-10-20(14)13-5-3-8-18(11-13)15(21)12-19-9-4-6-17-19/h4,6-7,9-10,13H,2-3,5,8,11-12H2,1H3/t13-/m1/s1. The average molecular weight is 287 g/mol. The molecule has 0 unspecified atom stereocenters. The summed E-state index contributed by atoms with van der Waals surface area (Å²) in [5, 5.41) is 4.10. The zero-order valence-corrected chi connectivity index (χ0v) is 12.4. The minimum absolute atomic E-state index is 0.140. The number of piperidine rings is 1. The van der Waals surface area contributed by atoms with Crippen LogP contribution in [0.3, 0.4) is 0 Å². The number of likely N-dealkylation sites (tertiary alicyclic amines) is 1. The number of hydrogen-bond acceptors (Lipinski definition) is 3. The van der Waals surface area contributed by atoms with E-state index in [0.29, 0.717) is 12.6 Å². The zero-order chi connectivity index (χ0) is 14.7. The van der Waals surface area contributed by atoms with Crippen LogP contribution < -0.4 is 0 Å². The molecule has 6 heteroatoms. The highest BCUT2D eigenvalue weighted by Gasteiger charge is 2.25. The summed E-state index contributed by atoms with van der Waals surface area (Å²) < 4.78 is 3.91.